The van der Waals surface area contributed by atoms with Gasteiger partial charge in [0.15, 0.2) is 0 Å². The van der Waals surface area contributed by atoms with Crippen molar-refractivity contribution in [2.75, 3.05) is 0 Å². The first-order valence-corrected chi connectivity index (χ1v) is 7.13. The Labute approximate surface area is 113 Å². The molecule has 3 nitrogen and oxygen atoms in total. The number of aliphatic hydroxyl groups is 1. The second kappa shape index (κ2) is 5.17. The van der Waals surface area contributed by atoms with Crippen molar-refractivity contribution in [2.45, 2.75) is 45.1 Å². The topological polar surface area (TPSA) is 38.0 Å². The molecule has 1 aromatic heterocycles. The third kappa shape index (κ3) is 2.30. The molecule has 0 bridgehead atoms. The molecule has 0 unspecified atom stereocenters. The summed E-state index contributed by atoms with van der Waals surface area (Å²) in [4.78, 5) is 4.52. The standard InChI is InChI=1S/C16H20N2O/c1-2-16(19)12-7-9-13(10-8-12)18-11-17-14-5-3-4-6-15(14)18/h7-11,16,19H,2-6H2,1H3/t16-/m1/s1. The molecule has 19 heavy (non-hydrogen) atoms. The van der Waals surface area contributed by atoms with Crippen molar-refractivity contribution in [3.05, 3.63) is 47.5 Å². The molecule has 0 saturated heterocycles. The Kier molecular flexibility index (Phi) is 3.38. The number of fused-ring (bicyclic) bond motifs is 1. The fraction of sp³-hybridized carbons (Fsp3) is 0.438. The van der Waals surface area contributed by atoms with Crippen molar-refractivity contribution in [1.82, 2.24) is 9.55 Å². The molecule has 1 atom stereocenters. The molecule has 1 aliphatic rings. The van der Waals surface area contributed by atoms with Gasteiger partial charge < -0.3 is 9.67 Å². The molecule has 0 amide bonds. The average molecular weight is 256 g/mol. The Morgan fingerprint density at radius 3 is 2.68 bits per heavy atom. The van der Waals surface area contributed by atoms with E-state index in [0.717, 1.165) is 30.5 Å². The molecule has 2 aromatic rings. The lowest BCUT2D eigenvalue weighted by molar-refractivity contribution is 0.173. The number of hydrogen-bond acceptors (Lipinski definition) is 2. The van der Waals surface area contributed by atoms with Crippen LogP contribution in [-0.2, 0) is 12.8 Å². The lowest BCUT2D eigenvalue weighted by Crippen LogP contribution is -2.07. The summed E-state index contributed by atoms with van der Waals surface area (Å²) < 4.78 is 2.19. The minimum Gasteiger partial charge on any atom is -0.388 e. The molecule has 100 valence electrons. The van der Waals surface area contributed by atoms with Crippen LogP contribution in [0.25, 0.3) is 5.69 Å². The summed E-state index contributed by atoms with van der Waals surface area (Å²) in [6.45, 7) is 1.99. The highest BCUT2D eigenvalue weighted by Crippen LogP contribution is 2.24. The van der Waals surface area contributed by atoms with E-state index in [1.165, 1.54) is 24.2 Å². The van der Waals surface area contributed by atoms with Crippen LogP contribution in [0.15, 0.2) is 30.6 Å². The zero-order chi connectivity index (χ0) is 13.2. The SMILES string of the molecule is CC[C@@H](O)c1ccc(-n2cnc3c2CCCC3)cc1. The molecule has 0 aliphatic heterocycles. The number of aliphatic hydroxyl groups excluding tert-OH is 1. The maximum atomic E-state index is 9.82. The molecule has 3 rings (SSSR count). The highest BCUT2D eigenvalue weighted by Gasteiger charge is 2.16. The first-order chi connectivity index (χ1) is 9.29. The predicted octanol–water partition coefficient (Wildman–Crippen LogP) is 3.19. The Bertz CT molecular complexity index is 557. The van der Waals surface area contributed by atoms with Crippen LogP contribution >= 0.6 is 0 Å². The van der Waals surface area contributed by atoms with Crippen LogP contribution < -0.4 is 0 Å². The number of hydrogen-bond donors (Lipinski definition) is 1. The van der Waals surface area contributed by atoms with Crippen LogP contribution in [0.5, 0.6) is 0 Å². The van der Waals surface area contributed by atoms with E-state index in [-0.39, 0.29) is 6.10 Å². The van der Waals surface area contributed by atoms with Crippen molar-refractivity contribution in [3.63, 3.8) is 0 Å². The molecule has 0 spiro atoms. The van der Waals surface area contributed by atoms with E-state index in [1.54, 1.807) is 0 Å². The van der Waals surface area contributed by atoms with Crippen LogP contribution in [0.4, 0.5) is 0 Å². The molecule has 0 saturated carbocycles. The van der Waals surface area contributed by atoms with E-state index in [2.05, 4.69) is 21.7 Å². The van der Waals surface area contributed by atoms with Crippen LogP contribution in [0.1, 0.15) is 49.2 Å². The lowest BCUT2D eigenvalue weighted by atomic mass is 10.0. The zero-order valence-corrected chi connectivity index (χ0v) is 11.3. The smallest absolute Gasteiger partial charge is 0.0997 e. The van der Waals surface area contributed by atoms with E-state index in [0.29, 0.717) is 0 Å². The number of benzene rings is 1. The summed E-state index contributed by atoms with van der Waals surface area (Å²) in [6.07, 6.45) is 7.06. The normalized spacial score (nSPS) is 16.1. The highest BCUT2D eigenvalue weighted by molar-refractivity contribution is 5.38. The molecule has 1 aliphatic carbocycles. The number of rotatable bonds is 3. The average Bonchev–Trinajstić information content (AvgIpc) is 2.90. The van der Waals surface area contributed by atoms with E-state index in [4.69, 9.17) is 0 Å². The van der Waals surface area contributed by atoms with Gasteiger partial charge in [-0.25, -0.2) is 4.98 Å². The van der Waals surface area contributed by atoms with Crippen LogP contribution in [0.2, 0.25) is 0 Å². The number of imidazole rings is 1. The van der Waals surface area contributed by atoms with Crippen molar-refractivity contribution >= 4 is 0 Å². The number of nitrogens with zero attached hydrogens (tertiary/aromatic N) is 2. The quantitative estimate of drug-likeness (QED) is 0.915. The minimum atomic E-state index is -0.356. The van der Waals surface area contributed by atoms with Gasteiger partial charge in [-0.05, 0) is 49.8 Å². The largest absolute Gasteiger partial charge is 0.388 e. The van der Waals surface area contributed by atoms with Gasteiger partial charge in [0.1, 0.15) is 0 Å². The van der Waals surface area contributed by atoms with Crippen molar-refractivity contribution in [2.24, 2.45) is 0 Å². The second-order valence-corrected chi connectivity index (χ2v) is 5.23. The van der Waals surface area contributed by atoms with Gasteiger partial charge in [-0.2, -0.15) is 0 Å². The van der Waals surface area contributed by atoms with Crippen molar-refractivity contribution in [1.29, 1.82) is 0 Å². The Balaban J connectivity index is 1.92. The molecule has 1 N–H and O–H groups in total. The van der Waals surface area contributed by atoms with Gasteiger partial charge >= 0.3 is 0 Å². The Morgan fingerprint density at radius 2 is 1.95 bits per heavy atom. The number of aromatic nitrogens is 2. The van der Waals surface area contributed by atoms with Gasteiger partial charge in [0.25, 0.3) is 0 Å². The molecular weight excluding hydrogens is 236 g/mol. The third-order valence-electron chi connectivity index (χ3n) is 3.97. The van der Waals surface area contributed by atoms with Gasteiger partial charge in [-0.3, -0.25) is 0 Å². The predicted molar refractivity (Wildman–Crippen MR) is 75.5 cm³/mol. The van der Waals surface area contributed by atoms with Crippen molar-refractivity contribution in [3.8, 4) is 5.69 Å². The van der Waals surface area contributed by atoms with Gasteiger partial charge in [-0.1, -0.05) is 19.1 Å². The van der Waals surface area contributed by atoms with Crippen LogP contribution in [-0.4, -0.2) is 14.7 Å². The van der Waals surface area contributed by atoms with Gasteiger partial charge in [0, 0.05) is 11.4 Å². The summed E-state index contributed by atoms with van der Waals surface area (Å²) in [6, 6.07) is 8.17. The Morgan fingerprint density at radius 1 is 1.21 bits per heavy atom. The third-order valence-corrected chi connectivity index (χ3v) is 3.97. The molecule has 0 radical (unpaired) electrons. The van der Waals surface area contributed by atoms with Gasteiger partial charge in [0.2, 0.25) is 0 Å². The van der Waals surface area contributed by atoms with E-state index >= 15 is 0 Å². The van der Waals surface area contributed by atoms with Crippen LogP contribution in [0, 0.1) is 0 Å². The first-order valence-electron chi connectivity index (χ1n) is 7.13. The van der Waals surface area contributed by atoms with Gasteiger partial charge in [0.05, 0.1) is 18.1 Å². The first kappa shape index (κ1) is 12.4. The molecular formula is C16H20N2O. The van der Waals surface area contributed by atoms with E-state index < -0.39 is 0 Å². The lowest BCUT2D eigenvalue weighted by Gasteiger charge is -2.15. The van der Waals surface area contributed by atoms with E-state index in [9.17, 15) is 5.11 Å². The molecule has 1 aromatic carbocycles. The molecule has 3 heteroatoms. The maximum Gasteiger partial charge on any atom is 0.0997 e. The van der Waals surface area contributed by atoms with Crippen LogP contribution in [0.3, 0.4) is 0 Å². The second-order valence-electron chi connectivity index (χ2n) is 5.23. The monoisotopic (exact) mass is 256 g/mol. The highest BCUT2D eigenvalue weighted by atomic mass is 16.3. The Hall–Kier alpha value is -1.61. The molecule has 1 heterocycles. The van der Waals surface area contributed by atoms with E-state index in [1.807, 2.05) is 25.4 Å². The summed E-state index contributed by atoms with van der Waals surface area (Å²) in [5, 5.41) is 9.82. The fourth-order valence-corrected chi connectivity index (χ4v) is 2.78. The molecule has 0 fully saturated rings. The summed E-state index contributed by atoms with van der Waals surface area (Å²) in [5.74, 6) is 0. The fourth-order valence-electron chi connectivity index (χ4n) is 2.78. The number of aryl methyl sites for hydroxylation is 1. The summed E-state index contributed by atoms with van der Waals surface area (Å²) >= 11 is 0. The van der Waals surface area contributed by atoms with Crippen molar-refractivity contribution < 1.29 is 5.11 Å². The summed E-state index contributed by atoms with van der Waals surface area (Å²) in [7, 11) is 0. The van der Waals surface area contributed by atoms with Gasteiger partial charge in [-0.15, -0.1) is 0 Å². The summed E-state index contributed by atoms with van der Waals surface area (Å²) in [5.41, 5.74) is 4.74. The minimum absolute atomic E-state index is 0.356. The zero-order valence-electron chi connectivity index (χ0n) is 11.3. The maximum absolute atomic E-state index is 9.82.